The van der Waals surface area contributed by atoms with E-state index in [9.17, 15) is 4.79 Å². The van der Waals surface area contributed by atoms with E-state index in [4.69, 9.17) is 0 Å². The Bertz CT molecular complexity index is 343. The summed E-state index contributed by atoms with van der Waals surface area (Å²) in [6, 6.07) is 0. The normalized spacial score (nSPS) is 54.1. The molecule has 0 radical (unpaired) electrons. The fourth-order valence-corrected chi connectivity index (χ4v) is 5.62. The van der Waals surface area contributed by atoms with Gasteiger partial charge in [-0.15, -0.1) is 0 Å². The molecule has 1 heteroatoms. The van der Waals surface area contributed by atoms with Crippen LogP contribution in [-0.2, 0) is 4.79 Å². The minimum Gasteiger partial charge on any atom is -0.299 e. The minimum atomic E-state index is 0.318. The van der Waals surface area contributed by atoms with E-state index in [-0.39, 0.29) is 0 Å². The first-order valence-corrected chi connectivity index (χ1v) is 6.92. The Kier molecular flexibility index (Phi) is 1.97. The number of Topliss-reactive ketones (excluding diaryl/α,β-unsaturated/α-hetero) is 1. The van der Waals surface area contributed by atoms with Crippen molar-refractivity contribution in [1.82, 2.24) is 0 Å². The molecule has 3 aliphatic carbocycles. The molecule has 0 N–H and O–H groups in total. The highest BCUT2D eigenvalue weighted by atomic mass is 16.1. The highest BCUT2D eigenvalue weighted by molar-refractivity contribution is 5.83. The molecular weight excluding hydrogens is 196 g/mol. The maximum absolute atomic E-state index is 12.2. The summed E-state index contributed by atoms with van der Waals surface area (Å²) in [6.45, 7) is 9.42. The number of hydrogen-bond donors (Lipinski definition) is 0. The Morgan fingerprint density at radius 2 is 1.88 bits per heavy atom. The lowest BCUT2D eigenvalue weighted by molar-refractivity contribution is -0.130. The van der Waals surface area contributed by atoms with Crippen LogP contribution < -0.4 is 0 Å². The molecule has 1 spiro atoms. The molecule has 3 rings (SSSR count). The van der Waals surface area contributed by atoms with Gasteiger partial charge in [0.05, 0.1) is 0 Å². The summed E-state index contributed by atoms with van der Waals surface area (Å²) in [7, 11) is 0. The molecule has 3 aliphatic rings. The molecule has 3 saturated carbocycles. The van der Waals surface area contributed by atoms with Gasteiger partial charge in [-0.1, -0.05) is 27.7 Å². The van der Waals surface area contributed by atoms with Crippen LogP contribution in [0.25, 0.3) is 0 Å². The third-order valence-corrected chi connectivity index (χ3v) is 6.63. The standard InChI is InChI=1S/C15H24O/c1-9-5-6-13-14(3,4)11-7-15(9,13)8-12(16)10(11)2/h9-11,13H,5-8H2,1-4H3/t9-,10+,11-,13+,15+/m1/s1. The van der Waals surface area contributed by atoms with Crippen molar-refractivity contribution in [2.24, 2.45) is 34.5 Å². The molecule has 0 aromatic rings. The Balaban J connectivity index is 2.10. The van der Waals surface area contributed by atoms with Crippen LogP contribution in [0.15, 0.2) is 0 Å². The largest absolute Gasteiger partial charge is 0.299 e. The molecule has 5 atom stereocenters. The van der Waals surface area contributed by atoms with Crippen molar-refractivity contribution in [3.8, 4) is 0 Å². The molecule has 3 fully saturated rings. The second kappa shape index (κ2) is 2.91. The SMILES string of the molecule is C[C@@H]1C(=O)C[C@]23C[C@H]1C(C)(C)[C@@H]2CC[C@H]3C. The highest BCUT2D eigenvalue weighted by Gasteiger charge is 2.66. The van der Waals surface area contributed by atoms with Crippen LogP contribution in [0.4, 0.5) is 0 Å². The van der Waals surface area contributed by atoms with Crippen LogP contribution in [0.3, 0.4) is 0 Å². The monoisotopic (exact) mass is 220 g/mol. The van der Waals surface area contributed by atoms with Crippen LogP contribution >= 0.6 is 0 Å². The number of fused-ring (bicyclic) bond motifs is 1. The van der Waals surface area contributed by atoms with Gasteiger partial charge in [-0.3, -0.25) is 4.79 Å². The predicted octanol–water partition coefficient (Wildman–Crippen LogP) is 3.67. The van der Waals surface area contributed by atoms with Crippen molar-refractivity contribution in [3.63, 3.8) is 0 Å². The molecule has 0 aromatic heterocycles. The number of ketones is 1. The predicted molar refractivity (Wildman–Crippen MR) is 65.0 cm³/mol. The lowest BCUT2D eigenvalue weighted by Gasteiger charge is -2.38. The fraction of sp³-hybridized carbons (Fsp3) is 0.933. The van der Waals surface area contributed by atoms with E-state index < -0.39 is 0 Å². The lowest BCUT2D eigenvalue weighted by Crippen LogP contribution is -2.36. The molecule has 0 aliphatic heterocycles. The zero-order valence-corrected chi connectivity index (χ0v) is 11.0. The molecule has 0 aromatic carbocycles. The van der Waals surface area contributed by atoms with Crippen molar-refractivity contribution in [3.05, 3.63) is 0 Å². The topological polar surface area (TPSA) is 17.1 Å². The fourth-order valence-electron chi connectivity index (χ4n) is 5.62. The molecule has 1 nitrogen and oxygen atoms in total. The molecule has 16 heavy (non-hydrogen) atoms. The van der Waals surface area contributed by atoms with E-state index in [2.05, 4.69) is 27.7 Å². The molecule has 0 heterocycles. The van der Waals surface area contributed by atoms with Gasteiger partial charge in [0.2, 0.25) is 0 Å². The summed E-state index contributed by atoms with van der Waals surface area (Å²) in [5, 5.41) is 0. The summed E-state index contributed by atoms with van der Waals surface area (Å²) in [5.41, 5.74) is 0.800. The minimum absolute atomic E-state index is 0.318. The van der Waals surface area contributed by atoms with Gasteiger partial charge in [-0.25, -0.2) is 0 Å². The van der Waals surface area contributed by atoms with Gasteiger partial charge in [-0.2, -0.15) is 0 Å². The average Bonchev–Trinajstić information content (AvgIpc) is 2.59. The van der Waals surface area contributed by atoms with Gasteiger partial charge < -0.3 is 0 Å². The van der Waals surface area contributed by atoms with Crippen LogP contribution in [0.5, 0.6) is 0 Å². The number of rotatable bonds is 0. The second-order valence-electron chi connectivity index (χ2n) is 7.33. The van der Waals surface area contributed by atoms with Crippen LogP contribution in [0.2, 0.25) is 0 Å². The van der Waals surface area contributed by atoms with E-state index >= 15 is 0 Å². The Morgan fingerprint density at radius 1 is 1.19 bits per heavy atom. The average molecular weight is 220 g/mol. The third kappa shape index (κ3) is 1.01. The Morgan fingerprint density at radius 3 is 2.56 bits per heavy atom. The molecule has 0 unspecified atom stereocenters. The summed E-state index contributed by atoms with van der Waals surface area (Å²) in [4.78, 5) is 12.2. The first kappa shape index (κ1) is 10.8. The van der Waals surface area contributed by atoms with Crippen LogP contribution in [0.1, 0.15) is 53.4 Å². The van der Waals surface area contributed by atoms with E-state index in [1.165, 1.54) is 19.3 Å². The highest BCUT2D eigenvalue weighted by Crippen LogP contribution is 2.71. The van der Waals surface area contributed by atoms with Crippen LogP contribution in [-0.4, -0.2) is 5.78 Å². The summed E-state index contributed by atoms with van der Waals surface area (Å²) in [6.07, 6.45) is 4.94. The van der Waals surface area contributed by atoms with Gasteiger partial charge in [0.15, 0.2) is 0 Å². The van der Waals surface area contributed by atoms with E-state index in [0.29, 0.717) is 28.4 Å². The van der Waals surface area contributed by atoms with Crippen LogP contribution in [0, 0.1) is 34.5 Å². The molecule has 90 valence electrons. The second-order valence-corrected chi connectivity index (χ2v) is 7.33. The summed E-state index contributed by atoms with van der Waals surface area (Å²) in [5.74, 6) is 3.12. The van der Waals surface area contributed by atoms with Crippen molar-refractivity contribution in [2.75, 3.05) is 0 Å². The van der Waals surface area contributed by atoms with E-state index in [0.717, 1.165) is 18.3 Å². The Labute approximate surface area is 99.0 Å². The molecule has 0 amide bonds. The maximum Gasteiger partial charge on any atom is 0.136 e. The van der Waals surface area contributed by atoms with Gasteiger partial charge in [0.25, 0.3) is 0 Å². The van der Waals surface area contributed by atoms with Crippen molar-refractivity contribution in [2.45, 2.75) is 53.4 Å². The smallest absolute Gasteiger partial charge is 0.136 e. The van der Waals surface area contributed by atoms with E-state index in [1.807, 2.05) is 0 Å². The summed E-state index contributed by atoms with van der Waals surface area (Å²) < 4.78 is 0. The summed E-state index contributed by atoms with van der Waals surface area (Å²) >= 11 is 0. The Hall–Kier alpha value is -0.330. The van der Waals surface area contributed by atoms with Gasteiger partial charge in [0.1, 0.15) is 5.78 Å². The van der Waals surface area contributed by atoms with Crippen molar-refractivity contribution in [1.29, 1.82) is 0 Å². The van der Waals surface area contributed by atoms with Gasteiger partial charge in [0, 0.05) is 12.3 Å². The van der Waals surface area contributed by atoms with Crippen molar-refractivity contribution >= 4 is 5.78 Å². The zero-order valence-electron chi connectivity index (χ0n) is 11.0. The quantitative estimate of drug-likeness (QED) is 0.608. The number of carbonyl (C=O) groups excluding carboxylic acids is 1. The molecule has 0 saturated heterocycles. The lowest BCUT2D eigenvalue weighted by atomic mass is 9.65. The van der Waals surface area contributed by atoms with Gasteiger partial charge >= 0.3 is 0 Å². The zero-order chi connectivity index (χ0) is 11.7. The van der Waals surface area contributed by atoms with Crippen molar-refractivity contribution < 1.29 is 4.79 Å². The molecule has 2 bridgehead atoms. The van der Waals surface area contributed by atoms with Gasteiger partial charge in [-0.05, 0) is 47.8 Å². The van der Waals surface area contributed by atoms with E-state index in [1.54, 1.807) is 0 Å². The maximum atomic E-state index is 12.2. The number of hydrogen-bond acceptors (Lipinski definition) is 1. The third-order valence-electron chi connectivity index (χ3n) is 6.63. The molecular formula is C15H24O. The first-order chi connectivity index (χ1) is 7.39. The number of carbonyl (C=O) groups is 1. The first-order valence-electron chi connectivity index (χ1n) is 6.92.